The summed E-state index contributed by atoms with van der Waals surface area (Å²) in [6.07, 6.45) is 0. The van der Waals surface area contributed by atoms with E-state index in [9.17, 15) is 22.0 Å². The fourth-order valence-electron chi connectivity index (χ4n) is 3.06. The standard InChI is InChI=1S/C22H17F2N3O3S2/c1-27(13-14-5-3-2-4-6-14)32(29,30)17-9-7-15(8-10-17)21(28)26-22-25-20-18(24)11-16(23)12-19(20)31-22/h2-12H,13H2,1H3,(H,25,26,28). The molecule has 3 aromatic carbocycles. The number of sulfonamides is 1. The fraction of sp³-hybridized carbons (Fsp3) is 0.0909. The molecule has 0 unspecified atom stereocenters. The second kappa shape index (κ2) is 8.73. The number of thiazole rings is 1. The average molecular weight is 474 g/mol. The summed E-state index contributed by atoms with van der Waals surface area (Å²) in [5.41, 5.74) is 1.01. The zero-order chi connectivity index (χ0) is 22.9. The van der Waals surface area contributed by atoms with Crippen LogP contribution in [-0.4, -0.2) is 30.7 Å². The predicted molar refractivity (Wildman–Crippen MR) is 119 cm³/mol. The van der Waals surface area contributed by atoms with Gasteiger partial charge in [0.15, 0.2) is 10.9 Å². The lowest BCUT2D eigenvalue weighted by Crippen LogP contribution is -2.26. The van der Waals surface area contributed by atoms with E-state index in [1.165, 1.54) is 35.6 Å². The highest BCUT2D eigenvalue weighted by Crippen LogP contribution is 2.29. The third-order valence-corrected chi connectivity index (χ3v) is 7.44. The van der Waals surface area contributed by atoms with E-state index in [1.54, 1.807) is 0 Å². The number of carbonyl (C=O) groups is 1. The summed E-state index contributed by atoms with van der Waals surface area (Å²) >= 11 is 0.935. The summed E-state index contributed by atoms with van der Waals surface area (Å²) in [6.45, 7) is 0.209. The maximum Gasteiger partial charge on any atom is 0.257 e. The zero-order valence-corrected chi connectivity index (χ0v) is 18.4. The number of fused-ring (bicyclic) bond motifs is 1. The van der Waals surface area contributed by atoms with Gasteiger partial charge in [-0.2, -0.15) is 4.31 Å². The van der Waals surface area contributed by atoms with Crippen LogP contribution in [0.15, 0.2) is 71.6 Å². The zero-order valence-electron chi connectivity index (χ0n) is 16.7. The molecule has 0 radical (unpaired) electrons. The molecule has 0 bridgehead atoms. The highest BCUT2D eigenvalue weighted by atomic mass is 32.2. The van der Waals surface area contributed by atoms with Crippen LogP contribution in [0.1, 0.15) is 15.9 Å². The lowest BCUT2D eigenvalue weighted by Gasteiger charge is -2.17. The second-order valence-corrected chi connectivity index (χ2v) is 10.1. The minimum Gasteiger partial charge on any atom is -0.298 e. The van der Waals surface area contributed by atoms with E-state index in [0.29, 0.717) is 0 Å². The van der Waals surface area contributed by atoms with Gasteiger partial charge in [0.05, 0.1) is 9.60 Å². The molecule has 0 fully saturated rings. The van der Waals surface area contributed by atoms with Gasteiger partial charge in [0.25, 0.3) is 5.91 Å². The molecule has 10 heteroatoms. The largest absolute Gasteiger partial charge is 0.298 e. The van der Waals surface area contributed by atoms with Crippen LogP contribution in [-0.2, 0) is 16.6 Å². The Morgan fingerprint density at radius 3 is 2.44 bits per heavy atom. The molecule has 1 N–H and O–H groups in total. The molecular weight excluding hydrogens is 456 g/mol. The Hall–Kier alpha value is -3.21. The highest BCUT2D eigenvalue weighted by molar-refractivity contribution is 7.89. The Morgan fingerprint density at radius 1 is 1.06 bits per heavy atom. The molecule has 0 spiro atoms. The van der Waals surface area contributed by atoms with Crippen molar-refractivity contribution >= 4 is 42.6 Å². The molecule has 1 amide bonds. The molecule has 1 heterocycles. The summed E-state index contributed by atoms with van der Waals surface area (Å²) in [5, 5.41) is 2.63. The van der Waals surface area contributed by atoms with E-state index >= 15 is 0 Å². The van der Waals surface area contributed by atoms with Gasteiger partial charge in [-0.05, 0) is 35.9 Å². The van der Waals surface area contributed by atoms with Crippen molar-refractivity contribution in [2.75, 3.05) is 12.4 Å². The average Bonchev–Trinajstić information content (AvgIpc) is 3.17. The van der Waals surface area contributed by atoms with Crippen LogP contribution in [0.25, 0.3) is 10.2 Å². The summed E-state index contributed by atoms with van der Waals surface area (Å²) in [5.74, 6) is -2.09. The first-order chi connectivity index (χ1) is 15.2. The molecular formula is C22H17F2N3O3S2. The van der Waals surface area contributed by atoms with Gasteiger partial charge in [-0.1, -0.05) is 41.7 Å². The molecule has 0 aliphatic heterocycles. The molecule has 1 aromatic heterocycles. The molecule has 6 nitrogen and oxygen atoms in total. The van der Waals surface area contributed by atoms with Crippen molar-refractivity contribution in [3.63, 3.8) is 0 Å². The normalized spacial score (nSPS) is 11.8. The Balaban J connectivity index is 1.49. The van der Waals surface area contributed by atoms with Crippen molar-refractivity contribution in [1.82, 2.24) is 9.29 Å². The first-order valence-electron chi connectivity index (χ1n) is 9.41. The minimum atomic E-state index is -3.75. The van der Waals surface area contributed by atoms with Crippen molar-refractivity contribution in [1.29, 1.82) is 0 Å². The number of anilines is 1. The molecule has 4 rings (SSSR count). The Morgan fingerprint density at radius 2 is 1.75 bits per heavy atom. The Labute approximate surface area is 187 Å². The number of rotatable bonds is 6. The molecule has 164 valence electrons. The topological polar surface area (TPSA) is 79.4 Å². The number of benzene rings is 3. The number of hydrogen-bond acceptors (Lipinski definition) is 5. The van der Waals surface area contributed by atoms with Gasteiger partial charge in [0, 0.05) is 25.2 Å². The van der Waals surface area contributed by atoms with Crippen molar-refractivity contribution in [2.45, 2.75) is 11.4 Å². The molecule has 0 aliphatic rings. The molecule has 0 aliphatic carbocycles. The first kappa shape index (κ1) is 22.0. The Bertz CT molecular complexity index is 1390. The number of halogens is 2. The van der Waals surface area contributed by atoms with Gasteiger partial charge in [-0.15, -0.1) is 0 Å². The Kier molecular flexibility index (Phi) is 6.00. The van der Waals surface area contributed by atoms with Crippen LogP contribution in [0.3, 0.4) is 0 Å². The lowest BCUT2D eigenvalue weighted by atomic mass is 10.2. The number of nitrogens with one attached hydrogen (secondary N) is 1. The van der Waals surface area contributed by atoms with E-state index in [1.807, 2.05) is 30.3 Å². The number of hydrogen-bond donors (Lipinski definition) is 1. The molecule has 32 heavy (non-hydrogen) atoms. The molecule has 0 atom stereocenters. The highest BCUT2D eigenvalue weighted by Gasteiger charge is 2.21. The van der Waals surface area contributed by atoms with E-state index < -0.39 is 27.6 Å². The fourth-order valence-corrected chi connectivity index (χ4v) is 5.12. The van der Waals surface area contributed by atoms with Gasteiger partial charge >= 0.3 is 0 Å². The van der Waals surface area contributed by atoms with Gasteiger partial charge in [0.2, 0.25) is 10.0 Å². The lowest BCUT2D eigenvalue weighted by molar-refractivity contribution is 0.102. The predicted octanol–water partition coefficient (Wildman–Crippen LogP) is 4.65. The quantitative estimate of drug-likeness (QED) is 0.442. The molecule has 0 saturated carbocycles. The monoisotopic (exact) mass is 473 g/mol. The van der Waals surface area contributed by atoms with Crippen molar-refractivity contribution in [2.24, 2.45) is 0 Å². The number of amides is 1. The maximum atomic E-state index is 13.8. The molecule has 0 saturated heterocycles. The van der Waals surface area contributed by atoms with Crippen LogP contribution in [0.2, 0.25) is 0 Å². The van der Waals surface area contributed by atoms with Gasteiger partial charge in [-0.3, -0.25) is 10.1 Å². The van der Waals surface area contributed by atoms with Gasteiger partial charge < -0.3 is 0 Å². The molecule has 4 aromatic rings. The van der Waals surface area contributed by atoms with Crippen molar-refractivity contribution < 1.29 is 22.0 Å². The van der Waals surface area contributed by atoms with Crippen LogP contribution >= 0.6 is 11.3 Å². The first-order valence-corrected chi connectivity index (χ1v) is 11.7. The third-order valence-electron chi connectivity index (χ3n) is 4.71. The van der Waals surface area contributed by atoms with Crippen LogP contribution in [0.4, 0.5) is 13.9 Å². The summed E-state index contributed by atoms with van der Waals surface area (Å²) in [4.78, 5) is 16.5. The smallest absolute Gasteiger partial charge is 0.257 e. The van der Waals surface area contributed by atoms with E-state index in [4.69, 9.17) is 0 Å². The summed E-state index contributed by atoms with van der Waals surface area (Å²) in [6, 6.07) is 16.5. The summed E-state index contributed by atoms with van der Waals surface area (Å²) in [7, 11) is -2.27. The SMILES string of the molecule is CN(Cc1ccccc1)S(=O)(=O)c1ccc(C(=O)Nc2nc3c(F)cc(F)cc3s2)cc1. The second-order valence-electron chi connectivity index (χ2n) is 6.98. The van der Waals surface area contributed by atoms with E-state index in [-0.39, 0.29) is 32.4 Å². The van der Waals surface area contributed by atoms with E-state index in [2.05, 4.69) is 10.3 Å². The summed E-state index contributed by atoms with van der Waals surface area (Å²) < 4.78 is 54.3. The van der Waals surface area contributed by atoms with Crippen molar-refractivity contribution in [3.8, 4) is 0 Å². The number of aromatic nitrogens is 1. The van der Waals surface area contributed by atoms with Gasteiger partial charge in [0.1, 0.15) is 11.3 Å². The number of carbonyl (C=O) groups excluding carboxylic acids is 1. The van der Waals surface area contributed by atoms with Crippen LogP contribution < -0.4 is 5.32 Å². The van der Waals surface area contributed by atoms with E-state index in [0.717, 1.165) is 29.0 Å². The third kappa shape index (κ3) is 4.52. The van der Waals surface area contributed by atoms with Gasteiger partial charge in [-0.25, -0.2) is 22.2 Å². The minimum absolute atomic E-state index is 0.0328. The maximum absolute atomic E-state index is 13.8. The van der Waals surface area contributed by atoms with Crippen LogP contribution in [0.5, 0.6) is 0 Å². The number of nitrogens with zero attached hydrogens (tertiary/aromatic N) is 2. The van der Waals surface area contributed by atoms with Crippen molar-refractivity contribution in [3.05, 3.63) is 89.5 Å². The van der Waals surface area contributed by atoms with Crippen LogP contribution in [0, 0.1) is 11.6 Å².